The lowest BCUT2D eigenvalue weighted by molar-refractivity contribution is -0.148. The lowest BCUT2D eigenvalue weighted by atomic mass is 9.58. The van der Waals surface area contributed by atoms with Gasteiger partial charge >= 0.3 is 6.09 Å². The minimum absolute atomic E-state index is 0.00184. The fourth-order valence-corrected chi connectivity index (χ4v) is 5.65. The van der Waals surface area contributed by atoms with Crippen molar-refractivity contribution in [2.45, 2.75) is 24.5 Å². The molecule has 13 heteroatoms. The Morgan fingerprint density at radius 3 is 2.11 bits per heavy atom. The first-order chi connectivity index (χ1) is 17.1. The van der Waals surface area contributed by atoms with E-state index in [0.29, 0.717) is 5.56 Å². The van der Waals surface area contributed by atoms with Crippen LogP contribution in [0.1, 0.15) is 22.3 Å². The Balaban J connectivity index is 0.000000886. The Morgan fingerprint density at radius 2 is 1.62 bits per heavy atom. The zero-order valence-electron chi connectivity index (χ0n) is 20.7. The van der Waals surface area contributed by atoms with Gasteiger partial charge in [-0.15, -0.1) is 0 Å². The maximum atomic E-state index is 13.5. The molecule has 3 aliphatic rings. The molecule has 0 spiro atoms. The molecule has 0 fully saturated rings. The zero-order chi connectivity index (χ0) is 28.1. The normalized spacial score (nSPS) is 26.6. The third kappa shape index (κ3) is 4.15. The van der Waals surface area contributed by atoms with Crippen LogP contribution in [0.5, 0.6) is 5.75 Å². The number of aliphatic hydroxyl groups is 3. The number of phenolic OH excluding ortho intramolecular Hbond substituents is 1. The van der Waals surface area contributed by atoms with E-state index in [0.717, 1.165) is 5.69 Å². The number of carbonyl (C=O) groups is 4. The number of aliphatic hydroxyl groups excluding tert-OH is 2. The van der Waals surface area contributed by atoms with Gasteiger partial charge in [-0.3, -0.25) is 19.3 Å². The van der Waals surface area contributed by atoms with E-state index in [1.165, 1.54) is 11.0 Å². The summed E-state index contributed by atoms with van der Waals surface area (Å²) in [7, 11) is 6.79. The maximum Gasteiger partial charge on any atom is 0.402 e. The Kier molecular flexibility index (Phi) is 6.99. The molecule has 2 amide bonds. The van der Waals surface area contributed by atoms with Crippen molar-refractivity contribution < 1.29 is 44.7 Å². The van der Waals surface area contributed by atoms with E-state index >= 15 is 0 Å². The smallest absolute Gasteiger partial charge is 0.402 e. The molecule has 1 aromatic carbocycles. The first-order valence-corrected chi connectivity index (χ1v) is 11.2. The number of hydrogen-bond acceptors (Lipinski definition) is 10. The highest BCUT2D eigenvalue weighted by Crippen LogP contribution is 2.52. The van der Waals surface area contributed by atoms with Crippen molar-refractivity contribution >= 4 is 29.3 Å². The summed E-state index contributed by atoms with van der Waals surface area (Å²) in [4.78, 5) is 50.8. The maximum absolute atomic E-state index is 13.5. The molecular formula is C24H30N4O9. The van der Waals surface area contributed by atoms with Crippen LogP contribution in [-0.4, -0.2) is 93.8 Å². The molecule has 4 atom stereocenters. The number of rotatable bonds is 3. The van der Waals surface area contributed by atoms with Crippen LogP contribution in [0.2, 0.25) is 0 Å². The van der Waals surface area contributed by atoms with Crippen molar-refractivity contribution in [1.82, 2.24) is 4.90 Å². The van der Waals surface area contributed by atoms with Crippen LogP contribution in [0.15, 0.2) is 34.8 Å². The molecule has 0 aliphatic heterocycles. The highest BCUT2D eigenvalue weighted by molar-refractivity contribution is 6.24. The number of phenols is 1. The first-order valence-electron chi connectivity index (χ1n) is 11.2. The number of carboxylic acid groups (broad SMARTS) is 1. The lowest BCUT2D eigenvalue weighted by Gasteiger charge is -2.50. The Labute approximate surface area is 211 Å². The van der Waals surface area contributed by atoms with Crippen LogP contribution in [-0.2, 0) is 16.0 Å². The molecule has 1 aromatic rings. The van der Waals surface area contributed by atoms with E-state index < -0.39 is 64.1 Å². The standard InChI is InChI=1S/C23H27N3O7.CH3NO2/c1-25(2)12-5-6-13(27)15-10(12)7-9-8-11-17(26(3)4)19(29)16(22(24)32)21(31)23(11,33)20(30)14(9)18(15)28;2-1(3)4/h5-6,9,11,17,27,29-30,33H,7-8H2,1-4H3,(H2,24,32);2H2,(H,3,4)/t9-,11-,17-,23-;/m0./s1. The van der Waals surface area contributed by atoms with Gasteiger partial charge in [-0.1, -0.05) is 0 Å². The van der Waals surface area contributed by atoms with Gasteiger partial charge in [0.2, 0.25) is 5.78 Å². The number of anilines is 1. The number of benzene rings is 1. The largest absolute Gasteiger partial charge is 0.510 e. The molecule has 4 rings (SSSR count). The van der Waals surface area contributed by atoms with Gasteiger partial charge in [0, 0.05) is 31.3 Å². The number of allylic oxidation sites excluding steroid dienone is 1. The average Bonchev–Trinajstić information content (AvgIpc) is 2.75. The molecule has 37 heavy (non-hydrogen) atoms. The summed E-state index contributed by atoms with van der Waals surface area (Å²) < 4.78 is 0. The first kappa shape index (κ1) is 27.5. The molecule has 0 heterocycles. The third-order valence-electron chi connectivity index (χ3n) is 7.06. The summed E-state index contributed by atoms with van der Waals surface area (Å²) in [6, 6.07) is 2.06. The summed E-state index contributed by atoms with van der Waals surface area (Å²) in [6.07, 6.45) is -1.01. The molecule has 0 unspecified atom stereocenters. The number of carbonyl (C=O) groups excluding carboxylic acids is 3. The minimum Gasteiger partial charge on any atom is -0.510 e. The number of ketones is 2. The predicted molar refractivity (Wildman–Crippen MR) is 130 cm³/mol. The van der Waals surface area contributed by atoms with Crippen LogP contribution in [0.4, 0.5) is 10.5 Å². The summed E-state index contributed by atoms with van der Waals surface area (Å²) in [5.41, 5.74) is 7.05. The highest BCUT2D eigenvalue weighted by atomic mass is 16.4. The van der Waals surface area contributed by atoms with Gasteiger partial charge in [-0.25, -0.2) is 4.79 Å². The van der Waals surface area contributed by atoms with Gasteiger partial charge in [0.25, 0.3) is 5.91 Å². The second kappa shape index (κ2) is 9.41. The SMILES string of the molecule is CN(C)c1ccc(O)c2c1C[C@H]1C[C@H]3[C@H](N(C)C)C(O)=C(C(N)=O)C(=O)[C@@]3(O)C(O)=C1C2=O.NC(=O)O. The number of fused-ring (bicyclic) bond motifs is 3. The summed E-state index contributed by atoms with van der Waals surface area (Å²) in [5.74, 6) is -6.53. The Morgan fingerprint density at radius 1 is 1.05 bits per heavy atom. The molecule has 0 saturated heterocycles. The topological polar surface area (TPSA) is 228 Å². The van der Waals surface area contributed by atoms with Gasteiger partial charge in [-0.05, 0) is 50.6 Å². The van der Waals surface area contributed by atoms with Crippen molar-refractivity contribution in [3.8, 4) is 5.75 Å². The fourth-order valence-electron chi connectivity index (χ4n) is 5.65. The van der Waals surface area contributed by atoms with Gasteiger partial charge in [0.15, 0.2) is 11.4 Å². The molecular weight excluding hydrogens is 488 g/mol. The number of likely N-dealkylation sites (N-methyl/N-ethyl adjacent to an activating group) is 1. The number of nitrogens with two attached hydrogens (primary N) is 2. The summed E-state index contributed by atoms with van der Waals surface area (Å²) >= 11 is 0. The second-order valence-corrected chi connectivity index (χ2v) is 9.65. The number of aromatic hydroxyl groups is 1. The Hall–Kier alpha value is -4.10. The van der Waals surface area contributed by atoms with E-state index in [4.69, 9.17) is 15.6 Å². The average molecular weight is 519 g/mol. The quantitative estimate of drug-likeness (QED) is 0.259. The molecule has 200 valence electrons. The number of hydrogen-bond donors (Lipinski definition) is 7. The van der Waals surface area contributed by atoms with Crippen LogP contribution in [0.25, 0.3) is 0 Å². The number of Topliss-reactive ketones (excluding diaryl/α,β-unsaturated/α-hetero) is 2. The van der Waals surface area contributed by atoms with Crippen LogP contribution in [0, 0.1) is 11.8 Å². The molecule has 3 aliphatic carbocycles. The molecule has 13 nitrogen and oxygen atoms in total. The third-order valence-corrected chi connectivity index (χ3v) is 7.06. The lowest BCUT2D eigenvalue weighted by Crippen LogP contribution is -2.63. The van der Waals surface area contributed by atoms with E-state index in [-0.39, 0.29) is 29.7 Å². The zero-order valence-corrected chi connectivity index (χ0v) is 20.7. The Bertz CT molecular complexity index is 1260. The number of primary amides is 2. The minimum atomic E-state index is -2.63. The number of nitrogens with zero attached hydrogens (tertiary/aromatic N) is 2. The van der Waals surface area contributed by atoms with Crippen LogP contribution < -0.4 is 16.4 Å². The van der Waals surface area contributed by atoms with Crippen molar-refractivity contribution in [3.05, 3.63) is 45.9 Å². The monoisotopic (exact) mass is 518 g/mol. The van der Waals surface area contributed by atoms with E-state index in [2.05, 4.69) is 5.73 Å². The second-order valence-electron chi connectivity index (χ2n) is 9.65. The summed E-state index contributed by atoms with van der Waals surface area (Å²) in [5, 5.41) is 51.1. The molecule has 0 saturated carbocycles. The van der Waals surface area contributed by atoms with Crippen LogP contribution in [0.3, 0.4) is 0 Å². The van der Waals surface area contributed by atoms with Crippen molar-refractivity contribution in [3.63, 3.8) is 0 Å². The van der Waals surface area contributed by atoms with Gasteiger partial charge in [0.05, 0.1) is 11.6 Å². The van der Waals surface area contributed by atoms with E-state index in [9.17, 15) is 34.8 Å². The van der Waals surface area contributed by atoms with Crippen molar-refractivity contribution in [2.24, 2.45) is 23.3 Å². The molecule has 0 aromatic heterocycles. The van der Waals surface area contributed by atoms with Gasteiger partial charge < -0.3 is 41.9 Å². The van der Waals surface area contributed by atoms with Crippen molar-refractivity contribution in [1.29, 1.82) is 0 Å². The van der Waals surface area contributed by atoms with Crippen molar-refractivity contribution in [2.75, 3.05) is 33.1 Å². The summed E-state index contributed by atoms with van der Waals surface area (Å²) in [6.45, 7) is 0. The van der Waals surface area contributed by atoms with E-state index in [1.54, 1.807) is 39.2 Å². The van der Waals surface area contributed by atoms with Gasteiger partial charge in [-0.2, -0.15) is 0 Å². The van der Waals surface area contributed by atoms with E-state index in [1.807, 2.05) is 0 Å². The molecule has 9 N–H and O–H groups in total. The molecule has 0 radical (unpaired) electrons. The number of amides is 2. The molecule has 0 bridgehead atoms. The van der Waals surface area contributed by atoms with Crippen LogP contribution >= 0.6 is 0 Å². The van der Waals surface area contributed by atoms with Gasteiger partial charge in [0.1, 0.15) is 22.8 Å². The predicted octanol–water partition coefficient (Wildman–Crippen LogP) is -0.190. The highest BCUT2D eigenvalue weighted by Gasteiger charge is 2.63. The fraction of sp³-hybridized carbons (Fsp3) is 0.417.